The van der Waals surface area contributed by atoms with Crippen molar-refractivity contribution in [1.82, 2.24) is 0 Å². The van der Waals surface area contributed by atoms with E-state index in [2.05, 4.69) is 5.32 Å². The highest BCUT2D eigenvalue weighted by Gasteiger charge is 2.33. The number of rotatable bonds is 4. The number of anilines is 1. The highest BCUT2D eigenvalue weighted by molar-refractivity contribution is 6.30. The van der Waals surface area contributed by atoms with Gasteiger partial charge in [-0.2, -0.15) is 13.2 Å². The Morgan fingerprint density at radius 1 is 1.05 bits per heavy atom. The average Bonchev–Trinajstić information content (AvgIpc) is 2.45. The van der Waals surface area contributed by atoms with Gasteiger partial charge in [-0.05, 0) is 35.7 Å². The van der Waals surface area contributed by atoms with Crippen LogP contribution in [-0.2, 0) is 19.1 Å². The molecule has 0 unspecified atom stereocenters. The Hall–Kier alpha value is -1.68. The third-order valence-corrected chi connectivity index (χ3v) is 3.49. The summed E-state index contributed by atoms with van der Waals surface area (Å²) in [6.07, 6.45) is -3.60. The molecule has 0 aliphatic heterocycles. The second-order valence-electron chi connectivity index (χ2n) is 4.66. The first-order chi connectivity index (χ1) is 9.91. The second kappa shape index (κ2) is 6.39. The van der Waals surface area contributed by atoms with Crippen LogP contribution >= 0.6 is 11.6 Å². The molecule has 2 aromatic rings. The minimum atomic E-state index is -4.43. The summed E-state index contributed by atoms with van der Waals surface area (Å²) in [6.45, 7) is 2.36. The normalized spacial score (nSPS) is 11.5. The van der Waals surface area contributed by atoms with Gasteiger partial charge in [0.1, 0.15) is 0 Å². The molecular formula is C16H15ClF3N. The van der Waals surface area contributed by atoms with Crippen LogP contribution in [-0.4, -0.2) is 0 Å². The number of hydrogen-bond donors (Lipinski definition) is 1. The van der Waals surface area contributed by atoms with Crippen LogP contribution in [0.2, 0.25) is 5.02 Å². The average molecular weight is 314 g/mol. The molecule has 2 aromatic carbocycles. The number of benzene rings is 2. The van der Waals surface area contributed by atoms with Crippen LogP contribution < -0.4 is 5.32 Å². The van der Waals surface area contributed by atoms with Crippen molar-refractivity contribution in [3.8, 4) is 0 Å². The highest BCUT2D eigenvalue weighted by Crippen LogP contribution is 2.36. The molecule has 0 aliphatic carbocycles. The lowest BCUT2D eigenvalue weighted by molar-refractivity contribution is -0.136. The molecule has 112 valence electrons. The SMILES string of the molecule is CCc1ccccc1CNc1ccc(Cl)cc1C(F)(F)F. The fraction of sp³-hybridized carbons (Fsp3) is 0.250. The Bertz CT molecular complexity index is 623. The molecule has 5 heteroatoms. The fourth-order valence-electron chi connectivity index (χ4n) is 2.17. The monoisotopic (exact) mass is 313 g/mol. The molecule has 0 radical (unpaired) electrons. The third-order valence-electron chi connectivity index (χ3n) is 3.26. The van der Waals surface area contributed by atoms with Gasteiger partial charge in [0, 0.05) is 17.3 Å². The van der Waals surface area contributed by atoms with Crippen LogP contribution in [0.1, 0.15) is 23.6 Å². The van der Waals surface area contributed by atoms with Crippen molar-refractivity contribution in [3.63, 3.8) is 0 Å². The first-order valence-corrected chi connectivity index (χ1v) is 6.97. The number of halogens is 4. The summed E-state index contributed by atoms with van der Waals surface area (Å²) >= 11 is 5.66. The zero-order chi connectivity index (χ0) is 15.5. The maximum Gasteiger partial charge on any atom is 0.418 e. The molecule has 0 saturated carbocycles. The Labute approximate surface area is 126 Å². The molecule has 0 aliphatic rings. The van der Waals surface area contributed by atoms with Gasteiger partial charge in [-0.15, -0.1) is 0 Å². The summed E-state index contributed by atoms with van der Waals surface area (Å²) in [5.41, 5.74) is 1.40. The van der Waals surface area contributed by atoms with Crippen molar-refractivity contribution in [2.24, 2.45) is 0 Å². The Balaban J connectivity index is 2.24. The van der Waals surface area contributed by atoms with Gasteiger partial charge in [-0.1, -0.05) is 42.8 Å². The Morgan fingerprint density at radius 2 is 1.71 bits per heavy atom. The number of aryl methyl sites for hydroxylation is 1. The molecule has 1 N–H and O–H groups in total. The third kappa shape index (κ3) is 3.91. The van der Waals surface area contributed by atoms with Crippen LogP contribution in [0, 0.1) is 0 Å². The number of hydrogen-bond acceptors (Lipinski definition) is 1. The van der Waals surface area contributed by atoms with Gasteiger partial charge in [-0.3, -0.25) is 0 Å². The molecule has 0 saturated heterocycles. The molecule has 2 rings (SSSR count). The van der Waals surface area contributed by atoms with Crippen molar-refractivity contribution in [2.75, 3.05) is 5.32 Å². The predicted molar refractivity (Wildman–Crippen MR) is 79.6 cm³/mol. The summed E-state index contributed by atoms with van der Waals surface area (Å²) in [5, 5.41) is 2.93. The van der Waals surface area contributed by atoms with Crippen LogP contribution in [0.3, 0.4) is 0 Å². The van der Waals surface area contributed by atoms with Crippen LogP contribution in [0.25, 0.3) is 0 Å². The van der Waals surface area contributed by atoms with E-state index >= 15 is 0 Å². The highest BCUT2D eigenvalue weighted by atomic mass is 35.5. The maximum absolute atomic E-state index is 13.0. The van der Waals surface area contributed by atoms with E-state index in [1.165, 1.54) is 12.1 Å². The van der Waals surface area contributed by atoms with Crippen molar-refractivity contribution < 1.29 is 13.2 Å². The van der Waals surface area contributed by atoms with Crippen LogP contribution in [0.4, 0.5) is 18.9 Å². The quantitative estimate of drug-likeness (QED) is 0.782. The van der Waals surface area contributed by atoms with E-state index < -0.39 is 11.7 Å². The van der Waals surface area contributed by atoms with Gasteiger partial charge in [0.05, 0.1) is 5.56 Å². The van der Waals surface area contributed by atoms with E-state index in [4.69, 9.17) is 11.6 Å². The first-order valence-electron chi connectivity index (χ1n) is 6.59. The summed E-state index contributed by atoms with van der Waals surface area (Å²) in [7, 11) is 0. The van der Waals surface area contributed by atoms with Gasteiger partial charge in [0.15, 0.2) is 0 Å². The maximum atomic E-state index is 13.0. The lowest BCUT2D eigenvalue weighted by Crippen LogP contribution is -2.11. The van der Waals surface area contributed by atoms with Crippen molar-refractivity contribution in [1.29, 1.82) is 0 Å². The van der Waals surface area contributed by atoms with E-state index in [1.54, 1.807) is 0 Å². The van der Waals surface area contributed by atoms with Crippen molar-refractivity contribution in [3.05, 3.63) is 64.2 Å². The summed E-state index contributed by atoms with van der Waals surface area (Å²) in [6, 6.07) is 11.4. The zero-order valence-corrected chi connectivity index (χ0v) is 12.2. The van der Waals surface area contributed by atoms with E-state index in [0.29, 0.717) is 6.54 Å². The molecule has 0 atom stereocenters. The lowest BCUT2D eigenvalue weighted by Gasteiger charge is -2.16. The molecule has 0 bridgehead atoms. The van der Waals surface area contributed by atoms with E-state index in [1.807, 2.05) is 31.2 Å². The summed E-state index contributed by atoms with van der Waals surface area (Å²) in [5.74, 6) is 0. The smallest absolute Gasteiger partial charge is 0.380 e. The molecule has 0 aromatic heterocycles. The van der Waals surface area contributed by atoms with Gasteiger partial charge in [-0.25, -0.2) is 0 Å². The fourth-order valence-corrected chi connectivity index (χ4v) is 2.34. The van der Waals surface area contributed by atoms with Crippen molar-refractivity contribution in [2.45, 2.75) is 26.1 Å². The molecule has 0 fully saturated rings. The van der Waals surface area contributed by atoms with E-state index in [-0.39, 0.29) is 10.7 Å². The summed E-state index contributed by atoms with van der Waals surface area (Å²) < 4.78 is 39.0. The first kappa shape index (κ1) is 15.7. The summed E-state index contributed by atoms with van der Waals surface area (Å²) in [4.78, 5) is 0. The standard InChI is InChI=1S/C16H15ClF3N/c1-2-11-5-3-4-6-12(11)10-21-15-8-7-13(17)9-14(15)16(18,19)20/h3-9,21H,2,10H2,1H3. The molecular weight excluding hydrogens is 299 g/mol. The largest absolute Gasteiger partial charge is 0.418 e. The van der Waals surface area contributed by atoms with E-state index in [9.17, 15) is 13.2 Å². The topological polar surface area (TPSA) is 12.0 Å². The van der Waals surface area contributed by atoms with E-state index in [0.717, 1.165) is 23.6 Å². The number of alkyl halides is 3. The van der Waals surface area contributed by atoms with Crippen molar-refractivity contribution >= 4 is 17.3 Å². The number of nitrogens with one attached hydrogen (secondary N) is 1. The molecule has 0 heterocycles. The van der Waals surface area contributed by atoms with Crippen LogP contribution in [0.15, 0.2) is 42.5 Å². The molecule has 0 spiro atoms. The van der Waals surface area contributed by atoms with Gasteiger partial charge in [0.2, 0.25) is 0 Å². The van der Waals surface area contributed by atoms with Gasteiger partial charge >= 0.3 is 6.18 Å². The predicted octanol–water partition coefficient (Wildman–Crippen LogP) is 5.53. The molecule has 0 amide bonds. The zero-order valence-electron chi connectivity index (χ0n) is 11.5. The Kier molecular flexibility index (Phi) is 4.78. The lowest BCUT2D eigenvalue weighted by atomic mass is 10.0. The minimum Gasteiger partial charge on any atom is -0.380 e. The Morgan fingerprint density at radius 3 is 2.33 bits per heavy atom. The van der Waals surface area contributed by atoms with Gasteiger partial charge < -0.3 is 5.32 Å². The molecule has 21 heavy (non-hydrogen) atoms. The second-order valence-corrected chi connectivity index (χ2v) is 5.10. The van der Waals surface area contributed by atoms with Gasteiger partial charge in [0.25, 0.3) is 0 Å². The molecule has 1 nitrogen and oxygen atoms in total. The minimum absolute atomic E-state index is 0.0396. The van der Waals surface area contributed by atoms with Crippen LogP contribution in [0.5, 0.6) is 0 Å².